The first kappa shape index (κ1) is 44.5. The number of aliphatic carboxylic acids is 1. The number of carbonyl (C=O) groups is 6. The predicted molar refractivity (Wildman–Crippen MR) is 225 cm³/mol. The second-order valence-corrected chi connectivity index (χ2v) is 15.3. The van der Waals surface area contributed by atoms with Crippen molar-refractivity contribution in [1.29, 1.82) is 0 Å². The molecule has 2 aliphatic rings. The van der Waals surface area contributed by atoms with Gasteiger partial charge in [0.05, 0.1) is 17.5 Å². The molecular formula is C48H45F3N4O7. The molecule has 0 spiro atoms. The van der Waals surface area contributed by atoms with E-state index in [9.17, 15) is 47.0 Å². The Balaban J connectivity index is 1.36. The molecule has 0 unspecified atom stereocenters. The van der Waals surface area contributed by atoms with Gasteiger partial charge in [0.25, 0.3) is 0 Å². The molecule has 4 atom stereocenters. The minimum absolute atomic E-state index is 0.00515. The predicted octanol–water partition coefficient (Wildman–Crippen LogP) is 6.49. The van der Waals surface area contributed by atoms with Crippen molar-refractivity contribution in [3.63, 3.8) is 0 Å². The summed E-state index contributed by atoms with van der Waals surface area (Å²) >= 11 is 0. The molecule has 0 saturated heterocycles. The highest BCUT2D eigenvalue weighted by molar-refractivity contribution is 5.97. The first-order chi connectivity index (χ1) is 29.7. The number of ketones is 1. The van der Waals surface area contributed by atoms with Crippen LogP contribution in [0.2, 0.25) is 0 Å². The molecule has 2 aliphatic heterocycles. The lowest BCUT2D eigenvalue weighted by molar-refractivity contribution is -0.144. The summed E-state index contributed by atoms with van der Waals surface area (Å²) < 4.78 is 40.2. The van der Waals surface area contributed by atoms with Crippen molar-refractivity contribution < 1.29 is 47.0 Å². The Morgan fingerprint density at radius 2 is 1.03 bits per heavy atom. The number of hydrogen-bond donors (Lipinski definition) is 5. The highest BCUT2D eigenvalue weighted by Crippen LogP contribution is 2.29. The minimum Gasteiger partial charge on any atom is -0.481 e. The number of benzene rings is 5. The van der Waals surface area contributed by atoms with Gasteiger partial charge in [-0.25, -0.2) is 0 Å². The first-order valence-corrected chi connectivity index (χ1v) is 20.1. The molecule has 0 saturated carbocycles. The Labute approximate surface area is 356 Å². The zero-order chi connectivity index (χ0) is 44.2. The second kappa shape index (κ2) is 20.4. The molecule has 4 amide bonds. The van der Waals surface area contributed by atoms with Crippen LogP contribution in [-0.4, -0.2) is 58.6 Å². The van der Waals surface area contributed by atoms with Gasteiger partial charge in [0.2, 0.25) is 23.6 Å². The summed E-state index contributed by atoms with van der Waals surface area (Å²) in [5, 5.41) is 21.0. The molecule has 14 heteroatoms. The van der Waals surface area contributed by atoms with Gasteiger partial charge >= 0.3 is 12.1 Å². The maximum absolute atomic E-state index is 14.5. The number of Topliss-reactive ketones (excluding diaryl/α,β-unsaturated/α-hetero) is 1. The number of alkyl halides is 3. The highest BCUT2D eigenvalue weighted by Gasteiger charge is 2.33. The van der Waals surface area contributed by atoms with Crippen LogP contribution in [0, 0.1) is 5.92 Å². The fourth-order valence-electron chi connectivity index (χ4n) is 7.18. The molecule has 2 heterocycles. The Hall–Kier alpha value is -7.09. The highest BCUT2D eigenvalue weighted by atomic mass is 19.4. The number of anilines is 1. The van der Waals surface area contributed by atoms with Crippen molar-refractivity contribution in [3.8, 4) is 11.1 Å². The standard InChI is InChI=1S/C48H45F3N4O7/c49-48(50,51)37-19-13-33(14-20-37)27-40-45(59)55-41(28-32-11-17-35(18-12-32)34-9-5-2-6-10-34)46(60)54-39(26-30-7-3-1-4-8-30)42(56)29-36(47(61)62)25-31-15-21-38(22-16-31)52-43(57)23-24-44(58)53-40/h1-22,36,39-41H,23-29H2,(H,52,57)(H,53,58)(H,54,60)(H,55,59)(H,61,62)/t36-,39-,40-,41+/m1/s1. The maximum atomic E-state index is 14.5. The smallest absolute Gasteiger partial charge is 0.416 e. The lowest BCUT2D eigenvalue weighted by Gasteiger charge is -2.26. The second-order valence-electron chi connectivity index (χ2n) is 15.3. The van der Waals surface area contributed by atoms with E-state index in [4.69, 9.17) is 0 Å². The number of rotatable bonds is 8. The fourth-order valence-corrected chi connectivity index (χ4v) is 7.18. The van der Waals surface area contributed by atoms with Gasteiger partial charge < -0.3 is 26.4 Å². The van der Waals surface area contributed by atoms with Crippen LogP contribution in [0.4, 0.5) is 18.9 Å². The van der Waals surface area contributed by atoms with Gasteiger partial charge in [0, 0.05) is 37.8 Å². The van der Waals surface area contributed by atoms with Crippen molar-refractivity contribution in [2.24, 2.45) is 5.92 Å². The quantitative estimate of drug-likeness (QED) is 0.111. The van der Waals surface area contributed by atoms with Crippen LogP contribution in [0.15, 0.2) is 133 Å². The number of carboxylic acids is 1. The van der Waals surface area contributed by atoms with E-state index in [1.165, 1.54) is 12.1 Å². The van der Waals surface area contributed by atoms with Gasteiger partial charge in [-0.2, -0.15) is 13.2 Å². The van der Waals surface area contributed by atoms with Gasteiger partial charge in [-0.05, 0) is 70.5 Å². The average molecular weight is 847 g/mol. The Bertz CT molecular complexity index is 2360. The largest absolute Gasteiger partial charge is 0.481 e. The van der Waals surface area contributed by atoms with Crippen LogP contribution in [0.3, 0.4) is 0 Å². The normalized spacial score (nSPS) is 19.6. The minimum atomic E-state index is -4.61. The van der Waals surface area contributed by atoms with Crippen LogP contribution in [0.1, 0.15) is 47.1 Å². The molecule has 11 nitrogen and oxygen atoms in total. The topological polar surface area (TPSA) is 171 Å². The van der Waals surface area contributed by atoms with Gasteiger partial charge in [-0.15, -0.1) is 0 Å². The lowest BCUT2D eigenvalue weighted by Crippen LogP contribution is -2.57. The van der Waals surface area contributed by atoms with Gasteiger partial charge in [0.15, 0.2) is 5.78 Å². The van der Waals surface area contributed by atoms with Crippen molar-refractivity contribution >= 4 is 41.1 Å². The lowest BCUT2D eigenvalue weighted by atomic mass is 9.90. The summed E-state index contributed by atoms with van der Waals surface area (Å²) in [5.41, 5.74) is 3.44. The number of carboxylic acid groups (broad SMARTS) is 1. The summed E-state index contributed by atoms with van der Waals surface area (Å²) in [4.78, 5) is 81.6. The molecule has 0 aromatic heterocycles. The molecule has 0 aliphatic carbocycles. The van der Waals surface area contributed by atoms with Crippen molar-refractivity contribution in [3.05, 3.63) is 161 Å². The van der Waals surface area contributed by atoms with E-state index in [0.29, 0.717) is 22.4 Å². The molecule has 5 aromatic carbocycles. The third kappa shape index (κ3) is 12.7. The first-order valence-electron chi connectivity index (χ1n) is 20.1. The zero-order valence-electron chi connectivity index (χ0n) is 33.5. The van der Waals surface area contributed by atoms with E-state index in [1.807, 2.05) is 42.5 Å². The summed E-state index contributed by atoms with van der Waals surface area (Å²) in [7, 11) is 0. The van der Waals surface area contributed by atoms with Crippen LogP contribution < -0.4 is 21.3 Å². The molecule has 7 rings (SSSR count). The van der Waals surface area contributed by atoms with Crippen molar-refractivity contribution in [1.82, 2.24) is 16.0 Å². The SMILES string of the molecule is O=C1CCC(=O)N[C@H](Cc2ccc(C(F)(F)F)cc2)C(=O)N[C@@H](Cc2ccc(-c3ccccc3)cc2)C(=O)N[C@H](Cc2ccccc2)C(=O)C[C@H](C(=O)O)Cc2ccc(cc2)N1. The molecule has 0 fully saturated rings. The van der Waals surface area contributed by atoms with E-state index >= 15 is 0 Å². The molecule has 0 radical (unpaired) electrons. The third-order valence-electron chi connectivity index (χ3n) is 10.6. The monoisotopic (exact) mass is 846 g/mol. The van der Waals surface area contributed by atoms with Crippen LogP contribution in [-0.2, 0) is 60.6 Å². The van der Waals surface area contributed by atoms with Crippen LogP contribution >= 0.6 is 0 Å². The third-order valence-corrected chi connectivity index (χ3v) is 10.6. The summed E-state index contributed by atoms with van der Waals surface area (Å²) in [6, 6.07) is 32.1. The van der Waals surface area contributed by atoms with E-state index in [-0.39, 0.29) is 44.1 Å². The summed E-state index contributed by atoms with van der Waals surface area (Å²) in [6.45, 7) is 0. The zero-order valence-corrected chi connectivity index (χ0v) is 33.5. The fraction of sp³-hybridized carbons (Fsp3) is 0.250. The van der Waals surface area contributed by atoms with Crippen molar-refractivity contribution in [2.45, 2.75) is 69.2 Å². The number of fused-ring (bicyclic) bond motifs is 18. The molecule has 5 N–H and O–H groups in total. The Morgan fingerprint density at radius 3 is 1.61 bits per heavy atom. The van der Waals surface area contributed by atoms with Gasteiger partial charge in [-0.3, -0.25) is 28.8 Å². The Morgan fingerprint density at radius 1 is 0.548 bits per heavy atom. The van der Waals surface area contributed by atoms with E-state index in [0.717, 1.165) is 23.3 Å². The number of amides is 4. The summed E-state index contributed by atoms with van der Waals surface area (Å²) in [5.74, 6) is -5.83. The van der Waals surface area contributed by atoms with E-state index in [1.54, 1.807) is 66.7 Å². The molecule has 2 bridgehead atoms. The molecule has 320 valence electrons. The molecular weight excluding hydrogens is 802 g/mol. The summed E-state index contributed by atoms with van der Waals surface area (Å²) in [6.07, 6.45) is -6.10. The van der Waals surface area contributed by atoms with Gasteiger partial charge in [-0.1, -0.05) is 109 Å². The van der Waals surface area contributed by atoms with Crippen LogP contribution in [0.5, 0.6) is 0 Å². The number of nitrogens with one attached hydrogen (secondary N) is 4. The van der Waals surface area contributed by atoms with Gasteiger partial charge in [0.1, 0.15) is 12.1 Å². The van der Waals surface area contributed by atoms with Crippen molar-refractivity contribution in [2.75, 3.05) is 5.32 Å². The Kier molecular flexibility index (Phi) is 14.7. The number of halogens is 3. The average Bonchev–Trinajstić information content (AvgIpc) is 3.25. The van der Waals surface area contributed by atoms with E-state index in [2.05, 4.69) is 21.3 Å². The number of hydrogen-bond acceptors (Lipinski definition) is 6. The van der Waals surface area contributed by atoms with E-state index < -0.39 is 77.6 Å². The molecule has 5 aromatic rings. The number of carbonyl (C=O) groups excluding carboxylic acids is 5. The van der Waals surface area contributed by atoms with Crippen LogP contribution in [0.25, 0.3) is 11.1 Å². The maximum Gasteiger partial charge on any atom is 0.416 e. The molecule has 62 heavy (non-hydrogen) atoms.